The minimum atomic E-state index is -0.229. The smallest absolute Gasteiger partial charge is 0.322 e. The fraction of sp³-hybridized carbons (Fsp3) is 0.370. The Morgan fingerprint density at radius 2 is 1.75 bits per heavy atom. The van der Waals surface area contributed by atoms with Crippen molar-refractivity contribution in [3.63, 3.8) is 0 Å². The first kappa shape index (κ1) is 22.1. The van der Waals surface area contributed by atoms with E-state index in [-0.39, 0.29) is 17.9 Å². The maximum atomic E-state index is 13.7. The number of carbonyl (C=O) groups excluding carboxylic acids is 1. The highest BCUT2D eigenvalue weighted by Crippen LogP contribution is 2.27. The molecule has 0 saturated heterocycles. The standard InChI is InChI=1S/C27H32FN3O/c1-20-9-6-10-21(2)26(20)29-27(32)31(24-13-4-3-5-14-24)19-25-15-8-16-30(25)18-22-11-7-12-23(28)17-22/h6-12,15-17,24H,3-5,13-14,18-19H2,1-2H3,(H,29,32). The molecule has 1 aliphatic carbocycles. The van der Waals surface area contributed by atoms with Gasteiger partial charge in [0.1, 0.15) is 5.82 Å². The van der Waals surface area contributed by atoms with E-state index in [1.165, 1.54) is 12.5 Å². The predicted octanol–water partition coefficient (Wildman–Crippen LogP) is 6.66. The van der Waals surface area contributed by atoms with Gasteiger partial charge in [-0.2, -0.15) is 0 Å². The van der Waals surface area contributed by atoms with Gasteiger partial charge in [-0.05, 0) is 67.6 Å². The minimum Gasteiger partial charge on any atom is -0.345 e. The van der Waals surface area contributed by atoms with Crippen molar-refractivity contribution in [1.82, 2.24) is 9.47 Å². The van der Waals surface area contributed by atoms with Crippen LogP contribution in [0, 0.1) is 19.7 Å². The number of nitrogens with zero attached hydrogens (tertiary/aromatic N) is 2. The van der Waals surface area contributed by atoms with Gasteiger partial charge in [0.05, 0.1) is 6.54 Å². The number of amides is 2. The van der Waals surface area contributed by atoms with E-state index < -0.39 is 0 Å². The molecule has 32 heavy (non-hydrogen) atoms. The summed E-state index contributed by atoms with van der Waals surface area (Å²) in [6, 6.07) is 17.0. The molecule has 168 valence electrons. The second-order valence-electron chi connectivity index (χ2n) is 8.87. The number of rotatable bonds is 6. The molecule has 0 unspecified atom stereocenters. The van der Waals surface area contributed by atoms with Crippen LogP contribution in [-0.4, -0.2) is 21.5 Å². The molecule has 1 saturated carbocycles. The van der Waals surface area contributed by atoms with Gasteiger partial charge in [-0.3, -0.25) is 0 Å². The van der Waals surface area contributed by atoms with Gasteiger partial charge in [0.2, 0.25) is 0 Å². The average molecular weight is 434 g/mol. The Kier molecular flexibility index (Phi) is 6.93. The van der Waals surface area contributed by atoms with Crippen LogP contribution in [0.5, 0.6) is 0 Å². The van der Waals surface area contributed by atoms with Crippen LogP contribution in [0.25, 0.3) is 0 Å². The molecule has 0 atom stereocenters. The highest BCUT2D eigenvalue weighted by molar-refractivity contribution is 5.91. The Balaban J connectivity index is 1.57. The lowest BCUT2D eigenvalue weighted by molar-refractivity contribution is 0.161. The molecule has 1 aliphatic rings. The summed E-state index contributed by atoms with van der Waals surface area (Å²) in [5.41, 5.74) is 4.99. The molecule has 0 spiro atoms. The number of hydrogen-bond donors (Lipinski definition) is 1. The third-order valence-corrected chi connectivity index (χ3v) is 6.49. The Hall–Kier alpha value is -3.08. The van der Waals surface area contributed by atoms with Gasteiger partial charge in [0.25, 0.3) is 0 Å². The number of anilines is 1. The lowest BCUT2D eigenvalue weighted by Crippen LogP contribution is -2.44. The first-order valence-electron chi connectivity index (χ1n) is 11.5. The summed E-state index contributed by atoms with van der Waals surface area (Å²) in [5.74, 6) is -0.229. The van der Waals surface area contributed by atoms with Crippen LogP contribution in [0.3, 0.4) is 0 Å². The van der Waals surface area contributed by atoms with E-state index in [4.69, 9.17) is 0 Å². The molecular formula is C27H32FN3O. The maximum Gasteiger partial charge on any atom is 0.322 e. The predicted molar refractivity (Wildman–Crippen MR) is 127 cm³/mol. The summed E-state index contributed by atoms with van der Waals surface area (Å²) in [4.78, 5) is 15.5. The van der Waals surface area contributed by atoms with Crippen molar-refractivity contribution in [2.24, 2.45) is 0 Å². The number of aryl methyl sites for hydroxylation is 2. The molecule has 4 nitrogen and oxygen atoms in total. The van der Waals surface area contributed by atoms with Gasteiger partial charge in [-0.15, -0.1) is 0 Å². The van der Waals surface area contributed by atoms with Crippen molar-refractivity contribution in [2.75, 3.05) is 5.32 Å². The van der Waals surface area contributed by atoms with Gasteiger partial charge in [0.15, 0.2) is 0 Å². The van der Waals surface area contributed by atoms with E-state index >= 15 is 0 Å². The van der Waals surface area contributed by atoms with E-state index in [2.05, 4.69) is 16.0 Å². The van der Waals surface area contributed by atoms with Crippen LogP contribution in [0.4, 0.5) is 14.9 Å². The fourth-order valence-electron chi connectivity index (χ4n) is 4.70. The second kappa shape index (κ2) is 10.0. The third-order valence-electron chi connectivity index (χ3n) is 6.49. The summed E-state index contributed by atoms with van der Waals surface area (Å²) in [6.45, 7) is 5.16. The van der Waals surface area contributed by atoms with Crippen molar-refractivity contribution in [3.05, 3.63) is 89.0 Å². The second-order valence-corrected chi connectivity index (χ2v) is 8.87. The molecule has 1 aromatic heterocycles. The quantitative estimate of drug-likeness (QED) is 0.464. The average Bonchev–Trinajstić information content (AvgIpc) is 3.21. The number of aromatic nitrogens is 1. The van der Waals surface area contributed by atoms with Crippen molar-refractivity contribution < 1.29 is 9.18 Å². The number of carbonyl (C=O) groups is 1. The van der Waals surface area contributed by atoms with Gasteiger partial charge >= 0.3 is 6.03 Å². The van der Waals surface area contributed by atoms with Crippen molar-refractivity contribution in [1.29, 1.82) is 0 Å². The Labute approximate surface area is 190 Å². The fourth-order valence-corrected chi connectivity index (χ4v) is 4.70. The Bertz CT molecular complexity index is 1050. The van der Waals surface area contributed by atoms with Gasteiger partial charge in [-0.1, -0.05) is 49.6 Å². The Morgan fingerprint density at radius 3 is 2.47 bits per heavy atom. The van der Waals surface area contributed by atoms with Gasteiger partial charge in [0, 0.05) is 30.2 Å². The van der Waals surface area contributed by atoms with Crippen LogP contribution >= 0.6 is 0 Å². The first-order chi connectivity index (χ1) is 15.5. The molecule has 1 N–H and O–H groups in total. The van der Waals surface area contributed by atoms with E-state index in [9.17, 15) is 9.18 Å². The molecule has 0 aliphatic heterocycles. The number of benzene rings is 2. The number of para-hydroxylation sites is 1. The monoisotopic (exact) mass is 433 g/mol. The third kappa shape index (κ3) is 5.21. The van der Waals surface area contributed by atoms with E-state index in [0.717, 1.165) is 53.8 Å². The molecule has 2 aromatic carbocycles. The zero-order chi connectivity index (χ0) is 22.5. The molecular weight excluding hydrogens is 401 g/mol. The highest BCUT2D eigenvalue weighted by Gasteiger charge is 2.27. The normalized spacial score (nSPS) is 14.3. The van der Waals surface area contributed by atoms with E-state index in [0.29, 0.717) is 13.1 Å². The van der Waals surface area contributed by atoms with Crippen molar-refractivity contribution >= 4 is 11.7 Å². The number of urea groups is 1. The van der Waals surface area contributed by atoms with Crippen LogP contribution in [0.1, 0.15) is 54.5 Å². The molecule has 2 amide bonds. The first-order valence-corrected chi connectivity index (χ1v) is 11.5. The Morgan fingerprint density at radius 1 is 1.03 bits per heavy atom. The summed E-state index contributed by atoms with van der Waals surface area (Å²) >= 11 is 0. The molecule has 5 heteroatoms. The summed E-state index contributed by atoms with van der Waals surface area (Å²) < 4.78 is 15.8. The number of hydrogen-bond acceptors (Lipinski definition) is 1. The zero-order valence-corrected chi connectivity index (χ0v) is 19.0. The van der Waals surface area contributed by atoms with Crippen molar-refractivity contribution in [3.8, 4) is 0 Å². The van der Waals surface area contributed by atoms with Crippen molar-refractivity contribution in [2.45, 2.75) is 65.1 Å². The molecule has 3 aromatic rings. The molecule has 1 fully saturated rings. The summed E-state index contributed by atoms with van der Waals surface area (Å²) in [6.07, 6.45) is 7.61. The van der Waals surface area contributed by atoms with Crippen LogP contribution in [-0.2, 0) is 13.1 Å². The maximum absolute atomic E-state index is 13.7. The lowest BCUT2D eigenvalue weighted by Gasteiger charge is -2.35. The van der Waals surface area contributed by atoms with Crippen LogP contribution in [0.15, 0.2) is 60.8 Å². The minimum absolute atomic E-state index is 0.0483. The lowest BCUT2D eigenvalue weighted by atomic mass is 9.94. The molecule has 0 bridgehead atoms. The molecule has 4 rings (SSSR count). The zero-order valence-electron chi connectivity index (χ0n) is 19.0. The van der Waals surface area contributed by atoms with E-state index in [1.54, 1.807) is 12.1 Å². The van der Waals surface area contributed by atoms with Gasteiger partial charge in [-0.25, -0.2) is 9.18 Å². The highest BCUT2D eigenvalue weighted by atomic mass is 19.1. The van der Waals surface area contributed by atoms with Crippen LogP contribution in [0.2, 0.25) is 0 Å². The summed E-state index contributed by atoms with van der Waals surface area (Å²) in [7, 11) is 0. The topological polar surface area (TPSA) is 37.3 Å². The molecule has 0 radical (unpaired) electrons. The number of halogens is 1. The largest absolute Gasteiger partial charge is 0.345 e. The van der Waals surface area contributed by atoms with E-state index in [1.807, 2.05) is 55.3 Å². The summed E-state index contributed by atoms with van der Waals surface area (Å²) in [5, 5.41) is 3.19. The SMILES string of the molecule is Cc1cccc(C)c1NC(=O)N(Cc1cccn1Cc1cccc(F)c1)C1CCCCC1. The van der Waals surface area contributed by atoms with Crippen LogP contribution < -0.4 is 5.32 Å². The van der Waals surface area contributed by atoms with Gasteiger partial charge < -0.3 is 14.8 Å². The molecule has 1 heterocycles. The number of nitrogens with one attached hydrogen (secondary N) is 1.